The second kappa shape index (κ2) is 6.13. The average molecular weight is 322 g/mol. The molecule has 0 saturated heterocycles. The summed E-state index contributed by atoms with van der Waals surface area (Å²) in [5.41, 5.74) is 1.19. The number of halogens is 3. The number of nitrogens with zero attached hydrogens (tertiary/aromatic N) is 1. The minimum atomic E-state index is -4.33. The van der Waals surface area contributed by atoms with Gasteiger partial charge in [-0.05, 0) is 25.0 Å². The molecule has 0 spiro atoms. The number of benzene rings is 1. The number of nitrogens with one attached hydrogen (secondary N) is 1. The molecule has 0 amide bonds. The Morgan fingerprint density at radius 2 is 1.95 bits per heavy atom. The zero-order valence-electron chi connectivity index (χ0n) is 11.4. The number of hydrogen-bond donors (Lipinski definition) is 1. The van der Waals surface area contributed by atoms with E-state index in [1.165, 1.54) is 4.31 Å². The number of para-hydroxylation sites is 2. The van der Waals surface area contributed by atoms with Crippen molar-refractivity contribution in [1.29, 1.82) is 0 Å². The van der Waals surface area contributed by atoms with Crippen LogP contribution in [0.4, 0.5) is 24.5 Å². The first-order valence-corrected chi connectivity index (χ1v) is 8.30. The summed E-state index contributed by atoms with van der Waals surface area (Å²) in [6.07, 6.45) is -5.22. The molecule has 0 saturated carbocycles. The third kappa shape index (κ3) is 4.26. The van der Waals surface area contributed by atoms with Gasteiger partial charge in [-0.3, -0.25) is 4.31 Å². The van der Waals surface area contributed by atoms with Gasteiger partial charge in [0.25, 0.3) is 0 Å². The van der Waals surface area contributed by atoms with Crippen LogP contribution in [0.3, 0.4) is 0 Å². The summed E-state index contributed by atoms with van der Waals surface area (Å²) in [6, 6.07) is 6.92. The third-order valence-corrected chi connectivity index (χ3v) is 5.08. The first-order chi connectivity index (χ1) is 9.80. The Bertz CT molecular complexity index is 587. The van der Waals surface area contributed by atoms with Gasteiger partial charge in [-0.2, -0.15) is 13.2 Å². The van der Waals surface area contributed by atoms with Gasteiger partial charge in [-0.25, -0.2) is 8.42 Å². The summed E-state index contributed by atoms with van der Waals surface area (Å²) in [5.74, 6) is -0.499. The Morgan fingerprint density at radius 3 is 2.67 bits per heavy atom. The van der Waals surface area contributed by atoms with E-state index in [2.05, 4.69) is 5.32 Å². The largest absolute Gasteiger partial charge is 0.389 e. The average Bonchev–Trinajstić information content (AvgIpc) is 2.59. The fourth-order valence-corrected chi connectivity index (χ4v) is 3.86. The van der Waals surface area contributed by atoms with E-state index in [4.69, 9.17) is 0 Å². The fourth-order valence-electron chi connectivity index (χ4n) is 2.26. The number of alkyl halides is 3. The Labute approximate surface area is 122 Å². The maximum atomic E-state index is 12.3. The van der Waals surface area contributed by atoms with Gasteiger partial charge in [0, 0.05) is 19.5 Å². The molecule has 0 atom stereocenters. The highest BCUT2D eigenvalue weighted by Gasteiger charge is 2.30. The lowest BCUT2D eigenvalue weighted by atomic mass is 10.2. The molecule has 118 valence electrons. The zero-order valence-corrected chi connectivity index (χ0v) is 12.2. The summed E-state index contributed by atoms with van der Waals surface area (Å²) in [7, 11) is -3.75. The van der Waals surface area contributed by atoms with Crippen LogP contribution in [0.25, 0.3) is 0 Å². The molecule has 1 aromatic rings. The molecule has 0 aliphatic carbocycles. The molecular weight excluding hydrogens is 305 g/mol. The Hall–Kier alpha value is -1.44. The normalized spacial score (nSPS) is 16.0. The van der Waals surface area contributed by atoms with Crippen molar-refractivity contribution in [3.63, 3.8) is 0 Å². The van der Waals surface area contributed by atoms with E-state index >= 15 is 0 Å². The van der Waals surface area contributed by atoms with Crippen LogP contribution in [0.1, 0.15) is 19.3 Å². The van der Waals surface area contributed by atoms with Crippen molar-refractivity contribution in [2.24, 2.45) is 0 Å². The lowest BCUT2D eigenvalue weighted by Gasteiger charge is -2.24. The van der Waals surface area contributed by atoms with Gasteiger partial charge in [0.15, 0.2) is 0 Å². The SMILES string of the molecule is O=S(=O)(CCCC(F)(F)F)N1CCCNc2ccccc21. The quantitative estimate of drug-likeness (QED) is 0.927. The molecule has 1 aromatic carbocycles. The topological polar surface area (TPSA) is 49.4 Å². The molecule has 0 unspecified atom stereocenters. The third-order valence-electron chi connectivity index (χ3n) is 3.22. The molecular formula is C13H17F3N2O2S. The van der Waals surface area contributed by atoms with Gasteiger partial charge >= 0.3 is 6.18 Å². The lowest BCUT2D eigenvalue weighted by Crippen LogP contribution is -2.34. The van der Waals surface area contributed by atoms with Gasteiger partial charge in [-0.15, -0.1) is 0 Å². The molecule has 0 bridgehead atoms. The second-order valence-electron chi connectivity index (χ2n) is 4.90. The van der Waals surface area contributed by atoms with Crippen molar-refractivity contribution in [2.75, 3.05) is 28.5 Å². The molecule has 1 aliphatic rings. The Kier molecular flexibility index (Phi) is 4.65. The van der Waals surface area contributed by atoms with Crippen LogP contribution < -0.4 is 9.62 Å². The summed E-state index contributed by atoms with van der Waals surface area (Å²) >= 11 is 0. The highest BCUT2D eigenvalue weighted by atomic mass is 32.2. The highest BCUT2D eigenvalue weighted by molar-refractivity contribution is 7.92. The van der Waals surface area contributed by atoms with E-state index in [9.17, 15) is 21.6 Å². The molecule has 0 fully saturated rings. The Balaban J connectivity index is 2.16. The van der Waals surface area contributed by atoms with Gasteiger partial charge in [0.2, 0.25) is 10.0 Å². The Morgan fingerprint density at radius 1 is 1.24 bits per heavy atom. The molecule has 1 aliphatic heterocycles. The summed E-state index contributed by atoms with van der Waals surface area (Å²) < 4.78 is 62.3. The van der Waals surface area contributed by atoms with Crippen LogP contribution in [0.15, 0.2) is 24.3 Å². The van der Waals surface area contributed by atoms with Crippen molar-refractivity contribution in [3.8, 4) is 0 Å². The molecule has 1 heterocycles. The highest BCUT2D eigenvalue weighted by Crippen LogP contribution is 2.31. The molecule has 8 heteroatoms. The summed E-state index contributed by atoms with van der Waals surface area (Å²) in [4.78, 5) is 0. The van der Waals surface area contributed by atoms with Crippen LogP contribution in [0.2, 0.25) is 0 Å². The van der Waals surface area contributed by atoms with Crippen LogP contribution in [-0.2, 0) is 10.0 Å². The summed E-state index contributed by atoms with van der Waals surface area (Å²) in [6.45, 7) is 0.907. The van der Waals surface area contributed by atoms with E-state index in [0.717, 1.165) is 0 Å². The molecule has 1 N–H and O–H groups in total. The monoisotopic (exact) mass is 322 g/mol. The fraction of sp³-hybridized carbons (Fsp3) is 0.538. The van der Waals surface area contributed by atoms with Crippen molar-refractivity contribution in [3.05, 3.63) is 24.3 Å². The maximum absolute atomic E-state index is 12.3. The second-order valence-corrected chi connectivity index (χ2v) is 6.92. The minimum absolute atomic E-state index is 0.276. The van der Waals surface area contributed by atoms with Crippen LogP contribution in [-0.4, -0.2) is 33.4 Å². The smallest absolute Gasteiger partial charge is 0.383 e. The first kappa shape index (κ1) is 15.9. The van der Waals surface area contributed by atoms with Crippen molar-refractivity contribution in [2.45, 2.75) is 25.4 Å². The predicted molar refractivity (Wildman–Crippen MR) is 76.0 cm³/mol. The van der Waals surface area contributed by atoms with E-state index in [0.29, 0.717) is 24.3 Å². The standard InChI is InChI=1S/C13H17F3N2O2S/c14-13(15,16)7-3-10-21(19,20)18-9-4-8-17-11-5-1-2-6-12(11)18/h1-2,5-6,17H,3-4,7-10H2. The number of hydrogen-bond acceptors (Lipinski definition) is 3. The van der Waals surface area contributed by atoms with Gasteiger partial charge in [0.05, 0.1) is 17.1 Å². The van der Waals surface area contributed by atoms with E-state index in [-0.39, 0.29) is 6.54 Å². The molecule has 21 heavy (non-hydrogen) atoms. The number of anilines is 2. The minimum Gasteiger partial charge on any atom is -0.383 e. The molecule has 4 nitrogen and oxygen atoms in total. The van der Waals surface area contributed by atoms with Crippen molar-refractivity contribution >= 4 is 21.4 Å². The van der Waals surface area contributed by atoms with Gasteiger partial charge in [-0.1, -0.05) is 12.1 Å². The van der Waals surface area contributed by atoms with E-state index < -0.39 is 34.8 Å². The lowest BCUT2D eigenvalue weighted by molar-refractivity contribution is -0.134. The van der Waals surface area contributed by atoms with Crippen LogP contribution in [0, 0.1) is 0 Å². The van der Waals surface area contributed by atoms with Gasteiger partial charge < -0.3 is 5.32 Å². The molecule has 0 radical (unpaired) electrons. The van der Waals surface area contributed by atoms with Gasteiger partial charge in [0.1, 0.15) is 0 Å². The predicted octanol–water partition coefficient (Wildman–Crippen LogP) is 2.98. The summed E-state index contributed by atoms with van der Waals surface area (Å²) in [5, 5.41) is 3.12. The van der Waals surface area contributed by atoms with Crippen molar-refractivity contribution in [1.82, 2.24) is 0 Å². The van der Waals surface area contributed by atoms with Crippen LogP contribution in [0.5, 0.6) is 0 Å². The zero-order chi connectivity index (χ0) is 15.5. The molecule has 2 rings (SSSR count). The number of rotatable bonds is 4. The maximum Gasteiger partial charge on any atom is 0.389 e. The number of sulfonamides is 1. The van der Waals surface area contributed by atoms with Crippen LogP contribution >= 0.6 is 0 Å². The number of fused-ring (bicyclic) bond motifs is 1. The molecule has 0 aromatic heterocycles. The van der Waals surface area contributed by atoms with Crippen molar-refractivity contribution < 1.29 is 21.6 Å². The van der Waals surface area contributed by atoms with E-state index in [1.807, 2.05) is 0 Å². The first-order valence-electron chi connectivity index (χ1n) is 6.70. The van der Waals surface area contributed by atoms with E-state index in [1.54, 1.807) is 24.3 Å².